The van der Waals surface area contributed by atoms with Crippen molar-refractivity contribution in [1.82, 2.24) is 25.2 Å². The average Bonchev–Trinajstić information content (AvgIpc) is 3.95. The van der Waals surface area contributed by atoms with Crippen molar-refractivity contribution in [1.29, 1.82) is 0 Å². The number of anilines is 1. The van der Waals surface area contributed by atoms with Crippen LogP contribution in [0.5, 0.6) is 0 Å². The Morgan fingerprint density at radius 2 is 1.67 bits per heavy atom. The van der Waals surface area contributed by atoms with Gasteiger partial charge in [0.15, 0.2) is 11.6 Å². The number of benzene rings is 1. The summed E-state index contributed by atoms with van der Waals surface area (Å²) in [4.78, 5) is 27.0. The first kappa shape index (κ1) is 27.2. The molecule has 1 aromatic carbocycles. The van der Waals surface area contributed by atoms with Gasteiger partial charge in [-0.25, -0.2) is 13.6 Å². The SMILES string of the molecule is O=C(N1CCC(F)(F)CC1)N(CC1CCC2(c3nc(C4CC4)no3)CCCC1C2)c1cccc(-c2nc(C3CC3)no2)c1. The number of hydrogen-bond donors (Lipinski definition) is 0. The zero-order chi connectivity index (χ0) is 29.2. The minimum absolute atomic E-state index is 0.0497. The topological polar surface area (TPSA) is 101 Å². The lowest BCUT2D eigenvalue weighted by molar-refractivity contribution is -0.0466. The zero-order valence-electron chi connectivity index (χ0n) is 24.4. The smallest absolute Gasteiger partial charge is 0.324 e. The number of carbonyl (C=O) groups is 1. The third kappa shape index (κ3) is 5.33. The zero-order valence-corrected chi connectivity index (χ0v) is 24.4. The van der Waals surface area contributed by atoms with Gasteiger partial charge in [0.25, 0.3) is 11.8 Å². The van der Waals surface area contributed by atoms with Crippen LogP contribution in [0.15, 0.2) is 33.3 Å². The van der Waals surface area contributed by atoms with E-state index in [1.807, 2.05) is 29.2 Å². The number of fused-ring (bicyclic) bond motifs is 2. The van der Waals surface area contributed by atoms with Crippen LogP contribution in [0.1, 0.15) is 106 Å². The van der Waals surface area contributed by atoms with Crippen LogP contribution >= 0.6 is 0 Å². The fourth-order valence-electron chi connectivity index (χ4n) is 7.63. The highest BCUT2D eigenvalue weighted by Gasteiger charge is 2.49. The molecule has 2 bridgehead atoms. The summed E-state index contributed by atoms with van der Waals surface area (Å²) in [5.41, 5.74) is 1.40. The van der Waals surface area contributed by atoms with Crippen molar-refractivity contribution >= 4 is 11.7 Å². The molecule has 3 heterocycles. The number of carbonyl (C=O) groups excluding carboxylic acids is 1. The Morgan fingerprint density at radius 3 is 2.44 bits per heavy atom. The summed E-state index contributed by atoms with van der Waals surface area (Å²) in [6.45, 7) is 0.631. The molecule has 0 spiro atoms. The highest BCUT2D eigenvalue weighted by Crippen LogP contribution is 2.53. The van der Waals surface area contributed by atoms with Crippen LogP contribution < -0.4 is 4.90 Å². The van der Waals surface area contributed by atoms with Crippen molar-refractivity contribution in [3.63, 3.8) is 0 Å². The molecule has 9 nitrogen and oxygen atoms in total. The van der Waals surface area contributed by atoms with E-state index in [9.17, 15) is 13.6 Å². The first-order valence-corrected chi connectivity index (χ1v) is 16.1. The number of urea groups is 1. The molecule has 3 atom stereocenters. The maximum Gasteiger partial charge on any atom is 0.324 e. The molecule has 0 radical (unpaired) electrons. The predicted molar refractivity (Wildman–Crippen MR) is 153 cm³/mol. The lowest BCUT2D eigenvalue weighted by atomic mass is 9.58. The minimum Gasteiger partial charge on any atom is -0.339 e. The number of halogens is 2. The Balaban J connectivity index is 1.05. The van der Waals surface area contributed by atoms with Gasteiger partial charge in [0.2, 0.25) is 5.89 Å². The van der Waals surface area contributed by atoms with E-state index in [4.69, 9.17) is 14.0 Å². The van der Waals surface area contributed by atoms with E-state index in [1.54, 1.807) is 4.90 Å². The molecule has 1 saturated heterocycles. The van der Waals surface area contributed by atoms with Gasteiger partial charge < -0.3 is 13.9 Å². The predicted octanol–water partition coefficient (Wildman–Crippen LogP) is 7.07. The number of piperidine rings is 1. The van der Waals surface area contributed by atoms with Crippen LogP contribution in [-0.2, 0) is 5.41 Å². The summed E-state index contributed by atoms with van der Waals surface area (Å²) in [7, 11) is 0. The number of aromatic nitrogens is 4. The molecule has 8 rings (SSSR count). The summed E-state index contributed by atoms with van der Waals surface area (Å²) in [5, 5.41) is 8.48. The average molecular weight is 593 g/mol. The summed E-state index contributed by atoms with van der Waals surface area (Å²) >= 11 is 0. The summed E-state index contributed by atoms with van der Waals surface area (Å²) in [6.07, 6.45) is 9.95. The van der Waals surface area contributed by atoms with E-state index in [1.165, 1.54) is 0 Å². The van der Waals surface area contributed by atoms with Crippen LogP contribution in [0.25, 0.3) is 11.5 Å². The van der Waals surface area contributed by atoms with Crippen LogP contribution in [-0.4, -0.2) is 56.8 Å². The molecule has 1 aliphatic heterocycles. The second-order valence-electron chi connectivity index (χ2n) is 13.7. The van der Waals surface area contributed by atoms with Crippen LogP contribution in [0.2, 0.25) is 0 Å². The van der Waals surface area contributed by atoms with Gasteiger partial charge in [0.1, 0.15) is 0 Å². The van der Waals surface area contributed by atoms with Gasteiger partial charge in [-0.2, -0.15) is 9.97 Å². The van der Waals surface area contributed by atoms with Crippen molar-refractivity contribution in [2.75, 3.05) is 24.5 Å². The van der Waals surface area contributed by atoms with Gasteiger partial charge in [-0.05, 0) is 81.4 Å². The van der Waals surface area contributed by atoms with Crippen molar-refractivity contribution < 1.29 is 22.6 Å². The van der Waals surface area contributed by atoms with Gasteiger partial charge in [-0.15, -0.1) is 0 Å². The Hall–Kier alpha value is -3.37. The molecule has 4 aliphatic carbocycles. The van der Waals surface area contributed by atoms with Crippen molar-refractivity contribution in [3.8, 4) is 11.5 Å². The second kappa shape index (κ2) is 10.4. The largest absolute Gasteiger partial charge is 0.339 e. The van der Waals surface area contributed by atoms with E-state index in [0.717, 1.165) is 93.0 Å². The Kier molecular flexibility index (Phi) is 6.56. The molecular formula is C32H38F2N6O3. The van der Waals surface area contributed by atoms with Crippen LogP contribution in [0.4, 0.5) is 19.3 Å². The highest BCUT2D eigenvalue weighted by atomic mass is 19.3. The van der Waals surface area contributed by atoms with Gasteiger partial charge in [0.05, 0.1) is 0 Å². The van der Waals surface area contributed by atoms with Gasteiger partial charge in [-0.3, -0.25) is 4.90 Å². The Bertz CT molecular complexity index is 1490. The molecule has 4 saturated carbocycles. The molecule has 3 aromatic rings. The lowest BCUT2D eigenvalue weighted by Crippen LogP contribution is -2.52. The lowest BCUT2D eigenvalue weighted by Gasteiger charge is -2.48. The number of hydrogen-bond acceptors (Lipinski definition) is 7. The van der Waals surface area contributed by atoms with Gasteiger partial charge in [0, 0.05) is 61.0 Å². The molecule has 2 aromatic heterocycles. The van der Waals surface area contributed by atoms with Crippen molar-refractivity contribution in [2.24, 2.45) is 11.8 Å². The highest BCUT2D eigenvalue weighted by molar-refractivity contribution is 5.92. The van der Waals surface area contributed by atoms with Gasteiger partial charge in [-0.1, -0.05) is 29.2 Å². The Labute approximate surface area is 249 Å². The molecule has 228 valence electrons. The van der Waals surface area contributed by atoms with E-state index in [0.29, 0.717) is 30.2 Å². The van der Waals surface area contributed by atoms with E-state index >= 15 is 0 Å². The molecular weight excluding hydrogens is 554 g/mol. The second-order valence-corrected chi connectivity index (χ2v) is 13.7. The third-order valence-corrected chi connectivity index (χ3v) is 10.6. The molecule has 43 heavy (non-hydrogen) atoms. The van der Waals surface area contributed by atoms with Crippen LogP contribution in [0.3, 0.4) is 0 Å². The third-order valence-electron chi connectivity index (χ3n) is 10.6. The fourth-order valence-corrected chi connectivity index (χ4v) is 7.63. The number of likely N-dealkylation sites (tertiary alicyclic amines) is 1. The standard InChI is InChI=1S/C32H38F2N6O3/c33-32(34)13-15-39(16-14-32)30(41)40(25-5-1-3-22(17-25)28-35-26(37-42-28)20-6-7-20)19-24-10-12-31(11-2-4-23(24)18-31)29-36-27(38-43-29)21-8-9-21/h1,3,5,17,20-21,23-24H,2,4,6-16,18-19H2. The fraction of sp³-hybridized carbons (Fsp3) is 0.656. The van der Waals surface area contributed by atoms with Crippen molar-refractivity contribution in [3.05, 3.63) is 41.8 Å². The molecule has 0 N–H and O–H groups in total. The first-order valence-electron chi connectivity index (χ1n) is 16.1. The molecule has 3 unspecified atom stereocenters. The van der Waals surface area contributed by atoms with E-state index < -0.39 is 5.92 Å². The van der Waals surface area contributed by atoms with Crippen LogP contribution in [0, 0.1) is 11.8 Å². The summed E-state index contributed by atoms with van der Waals surface area (Å²) < 4.78 is 39.5. The molecule has 5 fully saturated rings. The maximum absolute atomic E-state index is 14.1. The Morgan fingerprint density at radius 1 is 0.930 bits per heavy atom. The monoisotopic (exact) mass is 592 g/mol. The minimum atomic E-state index is -2.72. The quantitative estimate of drug-likeness (QED) is 0.289. The maximum atomic E-state index is 14.1. The number of nitrogens with zero attached hydrogens (tertiary/aromatic N) is 6. The number of alkyl halides is 2. The number of amides is 2. The molecule has 5 aliphatic rings. The first-order chi connectivity index (χ1) is 20.9. The summed E-state index contributed by atoms with van der Waals surface area (Å²) in [5.74, 6) is 1.65. The van der Waals surface area contributed by atoms with E-state index in [-0.39, 0.29) is 43.3 Å². The van der Waals surface area contributed by atoms with Gasteiger partial charge >= 0.3 is 6.03 Å². The molecule has 11 heteroatoms. The summed E-state index contributed by atoms with van der Waals surface area (Å²) in [6, 6.07) is 7.44. The number of rotatable bonds is 7. The normalized spacial score (nSPS) is 28.6. The van der Waals surface area contributed by atoms with E-state index in [2.05, 4.69) is 15.3 Å². The molecule has 2 amide bonds. The van der Waals surface area contributed by atoms with Crippen molar-refractivity contribution in [2.45, 2.75) is 100 Å².